The van der Waals surface area contributed by atoms with Gasteiger partial charge in [-0.15, -0.1) is 0 Å². The molecule has 2 aromatic carbocycles. The van der Waals surface area contributed by atoms with Crippen molar-refractivity contribution in [3.05, 3.63) is 48.0 Å². The third-order valence-corrected chi connectivity index (χ3v) is 7.41. The lowest BCUT2D eigenvalue weighted by atomic mass is 10.1. The first-order valence-electron chi connectivity index (χ1n) is 11.4. The SMILES string of the molecule is CC(C)N1CCC(CNC(=O)c2ccc(NS(=O)(=O)c3ccc4c(c3)OCCCO4)cc2)C1. The number of anilines is 1. The van der Waals surface area contributed by atoms with Gasteiger partial charge in [-0.25, -0.2) is 8.42 Å². The number of ether oxygens (including phenoxy) is 2. The largest absolute Gasteiger partial charge is 0.490 e. The third kappa shape index (κ3) is 5.78. The van der Waals surface area contributed by atoms with Crippen molar-refractivity contribution in [2.24, 2.45) is 5.92 Å². The van der Waals surface area contributed by atoms with Gasteiger partial charge in [0.25, 0.3) is 15.9 Å². The molecule has 1 unspecified atom stereocenters. The van der Waals surface area contributed by atoms with Gasteiger partial charge in [0.15, 0.2) is 11.5 Å². The quantitative estimate of drug-likeness (QED) is 0.641. The van der Waals surface area contributed by atoms with Gasteiger partial charge in [-0.1, -0.05) is 0 Å². The Labute approximate surface area is 195 Å². The number of fused-ring (bicyclic) bond motifs is 1. The molecular formula is C24H31N3O5S. The van der Waals surface area contributed by atoms with Crippen LogP contribution in [0.4, 0.5) is 5.69 Å². The van der Waals surface area contributed by atoms with E-state index >= 15 is 0 Å². The van der Waals surface area contributed by atoms with Gasteiger partial charge < -0.3 is 19.7 Å². The number of carbonyl (C=O) groups excluding carboxylic acids is 1. The van der Waals surface area contributed by atoms with E-state index < -0.39 is 10.0 Å². The number of carbonyl (C=O) groups is 1. The van der Waals surface area contributed by atoms with Crippen LogP contribution in [0.15, 0.2) is 47.4 Å². The number of hydrogen-bond acceptors (Lipinski definition) is 6. The number of sulfonamides is 1. The summed E-state index contributed by atoms with van der Waals surface area (Å²) in [4.78, 5) is 15.0. The summed E-state index contributed by atoms with van der Waals surface area (Å²) >= 11 is 0. The van der Waals surface area contributed by atoms with Gasteiger partial charge in [0.1, 0.15) is 0 Å². The Morgan fingerprint density at radius 2 is 1.82 bits per heavy atom. The first-order chi connectivity index (χ1) is 15.8. The molecule has 2 aliphatic heterocycles. The highest BCUT2D eigenvalue weighted by atomic mass is 32.2. The van der Waals surface area contributed by atoms with Crippen molar-refractivity contribution in [3.63, 3.8) is 0 Å². The summed E-state index contributed by atoms with van der Waals surface area (Å²) in [5.74, 6) is 1.26. The first-order valence-corrected chi connectivity index (χ1v) is 12.8. The number of hydrogen-bond donors (Lipinski definition) is 2. The van der Waals surface area contributed by atoms with E-state index in [9.17, 15) is 13.2 Å². The minimum atomic E-state index is -3.82. The molecule has 8 nitrogen and oxygen atoms in total. The van der Waals surface area contributed by atoms with Gasteiger partial charge >= 0.3 is 0 Å². The topological polar surface area (TPSA) is 97.0 Å². The van der Waals surface area contributed by atoms with Crippen molar-refractivity contribution in [2.75, 3.05) is 37.6 Å². The van der Waals surface area contributed by atoms with E-state index in [4.69, 9.17) is 9.47 Å². The van der Waals surface area contributed by atoms with Crippen LogP contribution >= 0.6 is 0 Å². The van der Waals surface area contributed by atoms with Crippen LogP contribution in [0, 0.1) is 5.92 Å². The molecule has 0 saturated carbocycles. The van der Waals surface area contributed by atoms with Gasteiger partial charge in [-0.3, -0.25) is 9.52 Å². The van der Waals surface area contributed by atoms with Crippen LogP contribution in [0.5, 0.6) is 11.5 Å². The molecule has 9 heteroatoms. The van der Waals surface area contributed by atoms with Crippen LogP contribution in [0.1, 0.15) is 37.0 Å². The second kappa shape index (κ2) is 10.0. The fourth-order valence-corrected chi connectivity index (χ4v) is 5.13. The molecule has 2 aromatic rings. The molecule has 0 radical (unpaired) electrons. The zero-order valence-corrected chi connectivity index (χ0v) is 19.9. The van der Waals surface area contributed by atoms with Crippen LogP contribution in [0.3, 0.4) is 0 Å². The highest BCUT2D eigenvalue weighted by molar-refractivity contribution is 7.92. The van der Waals surface area contributed by atoms with Gasteiger partial charge in [0, 0.05) is 42.9 Å². The summed E-state index contributed by atoms with van der Waals surface area (Å²) in [5, 5.41) is 3.00. The second-order valence-electron chi connectivity index (χ2n) is 8.80. The highest BCUT2D eigenvalue weighted by Gasteiger charge is 2.24. The highest BCUT2D eigenvalue weighted by Crippen LogP contribution is 2.32. The number of likely N-dealkylation sites (tertiary alicyclic amines) is 1. The summed E-state index contributed by atoms with van der Waals surface area (Å²) < 4.78 is 39.4. The maximum atomic E-state index is 12.8. The van der Waals surface area contributed by atoms with E-state index in [0.29, 0.717) is 54.5 Å². The zero-order valence-electron chi connectivity index (χ0n) is 19.0. The summed E-state index contributed by atoms with van der Waals surface area (Å²) in [7, 11) is -3.82. The van der Waals surface area contributed by atoms with Crippen LogP contribution in [-0.4, -0.2) is 58.1 Å². The molecule has 2 aliphatic rings. The normalized spacial score (nSPS) is 18.7. The fourth-order valence-electron chi connectivity index (χ4n) is 4.05. The van der Waals surface area contributed by atoms with Crippen LogP contribution in [0.25, 0.3) is 0 Å². The summed E-state index contributed by atoms with van der Waals surface area (Å²) in [6.45, 7) is 8.09. The summed E-state index contributed by atoms with van der Waals surface area (Å²) in [6, 6.07) is 11.5. The second-order valence-corrected chi connectivity index (χ2v) is 10.5. The van der Waals surface area contributed by atoms with Crippen molar-refractivity contribution in [3.8, 4) is 11.5 Å². The lowest BCUT2D eigenvalue weighted by Gasteiger charge is -2.20. The first kappa shape index (κ1) is 23.4. The van der Waals surface area contributed by atoms with Crippen molar-refractivity contribution in [2.45, 2.75) is 37.6 Å². The van der Waals surface area contributed by atoms with Gasteiger partial charge in [0.05, 0.1) is 18.1 Å². The van der Waals surface area contributed by atoms with Gasteiger partial charge in [-0.2, -0.15) is 0 Å². The number of rotatable bonds is 7. The van der Waals surface area contributed by atoms with Gasteiger partial charge in [0.2, 0.25) is 0 Å². The maximum absolute atomic E-state index is 12.8. The fraction of sp³-hybridized carbons (Fsp3) is 0.458. The molecule has 1 atom stereocenters. The molecule has 0 bridgehead atoms. The standard InChI is InChI=1S/C24H31N3O5S/c1-17(2)27-11-10-18(16-27)15-25-24(28)19-4-6-20(7-5-19)26-33(29,30)21-8-9-22-23(14-21)32-13-3-12-31-22/h4-9,14,17-18,26H,3,10-13,15-16H2,1-2H3,(H,25,28). The summed E-state index contributed by atoms with van der Waals surface area (Å²) in [6.07, 6.45) is 1.82. The molecule has 2 heterocycles. The van der Waals surface area contributed by atoms with E-state index in [1.54, 1.807) is 30.3 Å². The molecule has 1 saturated heterocycles. The Hall–Kier alpha value is -2.78. The third-order valence-electron chi connectivity index (χ3n) is 6.03. The van der Waals surface area contributed by atoms with Gasteiger partial charge in [-0.05, 0) is 69.1 Å². The Balaban J connectivity index is 1.35. The minimum Gasteiger partial charge on any atom is -0.490 e. The Bertz CT molecular complexity index is 1090. The van der Waals surface area contributed by atoms with E-state index in [0.717, 1.165) is 25.9 Å². The average Bonchev–Trinajstić information content (AvgIpc) is 3.15. The monoisotopic (exact) mass is 473 g/mol. The maximum Gasteiger partial charge on any atom is 0.262 e. The number of nitrogens with one attached hydrogen (secondary N) is 2. The van der Waals surface area contributed by atoms with E-state index in [2.05, 4.69) is 28.8 Å². The molecule has 2 N–H and O–H groups in total. The molecule has 4 rings (SSSR count). The van der Waals surface area contributed by atoms with Crippen molar-refractivity contribution in [1.82, 2.24) is 10.2 Å². The molecule has 0 aromatic heterocycles. The average molecular weight is 474 g/mol. The van der Waals surface area contributed by atoms with Crippen LogP contribution < -0.4 is 19.5 Å². The van der Waals surface area contributed by atoms with E-state index in [-0.39, 0.29) is 10.8 Å². The Kier molecular flexibility index (Phi) is 7.09. The summed E-state index contributed by atoms with van der Waals surface area (Å²) in [5.41, 5.74) is 0.870. The Morgan fingerprint density at radius 3 is 2.52 bits per heavy atom. The van der Waals surface area contributed by atoms with Crippen molar-refractivity contribution >= 4 is 21.6 Å². The molecule has 33 heavy (non-hydrogen) atoms. The molecular weight excluding hydrogens is 442 g/mol. The van der Waals surface area contributed by atoms with Crippen LogP contribution in [0.2, 0.25) is 0 Å². The van der Waals surface area contributed by atoms with Crippen LogP contribution in [-0.2, 0) is 10.0 Å². The predicted octanol–water partition coefficient (Wildman–Crippen LogP) is 3.11. The smallest absolute Gasteiger partial charge is 0.262 e. The predicted molar refractivity (Wildman–Crippen MR) is 126 cm³/mol. The molecule has 178 valence electrons. The molecule has 1 amide bonds. The van der Waals surface area contributed by atoms with Crippen molar-refractivity contribution in [1.29, 1.82) is 0 Å². The lowest BCUT2D eigenvalue weighted by Crippen LogP contribution is -2.32. The number of nitrogens with zero attached hydrogens (tertiary/aromatic N) is 1. The zero-order chi connectivity index (χ0) is 23.4. The lowest BCUT2D eigenvalue weighted by molar-refractivity contribution is 0.0947. The van der Waals surface area contributed by atoms with Crippen molar-refractivity contribution < 1.29 is 22.7 Å². The minimum absolute atomic E-state index is 0.0839. The molecule has 1 fully saturated rings. The molecule has 0 aliphatic carbocycles. The van der Waals surface area contributed by atoms with E-state index in [1.807, 2.05) is 0 Å². The number of benzene rings is 2. The Morgan fingerprint density at radius 1 is 1.09 bits per heavy atom. The number of amides is 1. The van der Waals surface area contributed by atoms with E-state index in [1.165, 1.54) is 12.1 Å². The molecule has 0 spiro atoms.